The normalized spacial score (nSPS) is 27.1. The largest absolute Gasteiger partial charge is 0.493 e. The standard InChI is InChI=1S/C11H14O5/c1-3-7-6(2)16-5-9(11(14)15)8(7)4-10(12)13/h3,5-6,8H,4H2,1-2H3,(H,12,13)(H,14,15)/b7-3-/t6?,8-/m0/s1. The summed E-state index contributed by atoms with van der Waals surface area (Å²) in [5.74, 6) is -2.77. The van der Waals surface area contributed by atoms with Gasteiger partial charge in [-0.15, -0.1) is 0 Å². The molecule has 1 unspecified atom stereocenters. The molecule has 1 aliphatic rings. The molecule has 0 fully saturated rings. The van der Waals surface area contributed by atoms with E-state index in [1.165, 1.54) is 0 Å². The van der Waals surface area contributed by atoms with Crippen LogP contribution in [0.3, 0.4) is 0 Å². The van der Waals surface area contributed by atoms with E-state index >= 15 is 0 Å². The Balaban J connectivity index is 3.09. The molecule has 1 rings (SSSR count). The molecule has 1 aliphatic heterocycles. The van der Waals surface area contributed by atoms with Crippen LogP contribution in [0.15, 0.2) is 23.5 Å². The molecule has 5 heteroatoms. The quantitative estimate of drug-likeness (QED) is 0.711. The molecule has 1 heterocycles. The molecule has 0 saturated heterocycles. The second kappa shape index (κ2) is 4.83. The summed E-state index contributed by atoms with van der Waals surface area (Å²) in [6, 6.07) is 0. The van der Waals surface area contributed by atoms with Crippen LogP contribution in [-0.2, 0) is 14.3 Å². The van der Waals surface area contributed by atoms with Gasteiger partial charge in [-0.25, -0.2) is 4.79 Å². The molecule has 0 radical (unpaired) electrons. The fourth-order valence-corrected chi connectivity index (χ4v) is 1.84. The van der Waals surface area contributed by atoms with Crippen molar-refractivity contribution in [2.75, 3.05) is 0 Å². The first-order valence-corrected chi connectivity index (χ1v) is 4.94. The fraction of sp³-hybridized carbons (Fsp3) is 0.455. The zero-order valence-electron chi connectivity index (χ0n) is 9.14. The van der Waals surface area contributed by atoms with Gasteiger partial charge < -0.3 is 14.9 Å². The van der Waals surface area contributed by atoms with Crippen molar-refractivity contribution in [1.82, 2.24) is 0 Å². The lowest BCUT2D eigenvalue weighted by Crippen LogP contribution is -2.28. The van der Waals surface area contributed by atoms with Gasteiger partial charge in [-0.1, -0.05) is 6.08 Å². The molecule has 16 heavy (non-hydrogen) atoms. The van der Waals surface area contributed by atoms with Crippen LogP contribution in [-0.4, -0.2) is 28.3 Å². The van der Waals surface area contributed by atoms with Crippen molar-refractivity contribution in [3.63, 3.8) is 0 Å². The van der Waals surface area contributed by atoms with E-state index in [4.69, 9.17) is 14.9 Å². The van der Waals surface area contributed by atoms with Crippen LogP contribution in [0.1, 0.15) is 20.3 Å². The highest BCUT2D eigenvalue weighted by Crippen LogP contribution is 2.32. The van der Waals surface area contributed by atoms with Gasteiger partial charge in [-0.3, -0.25) is 4.79 Å². The maximum Gasteiger partial charge on any atom is 0.335 e. The van der Waals surface area contributed by atoms with Crippen molar-refractivity contribution in [3.05, 3.63) is 23.5 Å². The lowest BCUT2D eigenvalue weighted by Gasteiger charge is -2.28. The highest BCUT2D eigenvalue weighted by Gasteiger charge is 2.33. The molecule has 88 valence electrons. The van der Waals surface area contributed by atoms with Crippen LogP contribution in [0.2, 0.25) is 0 Å². The lowest BCUT2D eigenvalue weighted by molar-refractivity contribution is -0.138. The average molecular weight is 226 g/mol. The lowest BCUT2D eigenvalue weighted by atomic mass is 9.84. The Bertz CT molecular complexity index is 367. The summed E-state index contributed by atoms with van der Waals surface area (Å²) in [6.07, 6.45) is 2.35. The summed E-state index contributed by atoms with van der Waals surface area (Å²) in [5, 5.41) is 17.7. The van der Waals surface area contributed by atoms with Crippen molar-refractivity contribution in [3.8, 4) is 0 Å². The van der Waals surface area contributed by atoms with Crippen LogP contribution in [0.4, 0.5) is 0 Å². The first-order chi connectivity index (χ1) is 7.47. The van der Waals surface area contributed by atoms with Crippen molar-refractivity contribution >= 4 is 11.9 Å². The number of rotatable bonds is 3. The molecule has 0 bridgehead atoms. The number of ether oxygens (including phenoxy) is 1. The van der Waals surface area contributed by atoms with E-state index in [9.17, 15) is 9.59 Å². The Hall–Kier alpha value is -1.78. The SMILES string of the molecule is C/C=C1/C(C)OC=C(C(=O)O)[C@H]1CC(=O)O. The van der Waals surface area contributed by atoms with Crippen molar-refractivity contribution in [1.29, 1.82) is 0 Å². The van der Waals surface area contributed by atoms with E-state index in [1.54, 1.807) is 19.9 Å². The first-order valence-electron chi connectivity index (χ1n) is 4.94. The molecular formula is C11H14O5. The molecular weight excluding hydrogens is 212 g/mol. The zero-order chi connectivity index (χ0) is 12.3. The monoisotopic (exact) mass is 226 g/mol. The van der Waals surface area contributed by atoms with E-state index in [1.807, 2.05) is 0 Å². The van der Waals surface area contributed by atoms with Crippen LogP contribution in [0.25, 0.3) is 0 Å². The molecule has 2 atom stereocenters. The van der Waals surface area contributed by atoms with Gasteiger partial charge >= 0.3 is 11.9 Å². The number of carbonyl (C=O) groups is 2. The number of carboxylic acid groups (broad SMARTS) is 2. The summed E-state index contributed by atoms with van der Waals surface area (Å²) >= 11 is 0. The van der Waals surface area contributed by atoms with Gasteiger partial charge in [0.05, 0.1) is 18.3 Å². The Kier molecular flexibility index (Phi) is 3.71. The molecule has 2 N–H and O–H groups in total. The summed E-state index contributed by atoms with van der Waals surface area (Å²) in [5.41, 5.74) is 0.691. The van der Waals surface area contributed by atoms with Crippen molar-refractivity contribution < 1.29 is 24.5 Å². The number of aliphatic carboxylic acids is 2. The summed E-state index contributed by atoms with van der Waals surface area (Å²) in [4.78, 5) is 21.7. The van der Waals surface area contributed by atoms with E-state index in [0.29, 0.717) is 5.57 Å². The minimum absolute atomic E-state index is 0.00593. The van der Waals surface area contributed by atoms with Gasteiger partial charge in [-0.05, 0) is 19.4 Å². The molecule has 0 spiro atoms. The molecule has 0 aliphatic carbocycles. The Labute approximate surface area is 93.0 Å². The second-order valence-corrected chi connectivity index (χ2v) is 3.60. The minimum Gasteiger partial charge on any atom is -0.493 e. The van der Waals surface area contributed by atoms with Gasteiger partial charge in [0.2, 0.25) is 0 Å². The van der Waals surface area contributed by atoms with Crippen LogP contribution >= 0.6 is 0 Å². The topological polar surface area (TPSA) is 83.8 Å². The maximum absolute atomic E-state index is 10.9. The first kappa shape index (κ1) is 12.3. The highest BCUT2D eigenvalue weighted by molar-refractivity contribution is 5.89. The summed E-state index contributed by atoms with van der Waals surface area (Å²) in [6.45, 7) is 3.51. The smallest absolute Gasteiger partial charge is 0.335 e. The minimum atomic E-state index is -1.14. The molecule has 0 aromatic carbocycles. The van der Waals surface area contributed by atoms with Crippen LogP contribution < -0.4 is 0 Å². The van der Waals surface area contributed by atoms with Crippen LogP contribution in [0.5, 0.6) is 0 Å². The van der Waals surface area contributed by atoms with Crippen LogP contribution in [0, 0.1) is 5.92 Å². The van der Waals surface area contributed by atoms with Crippen molar-refractivity contribution in [2.24, 2.45) is 5.92 Å². The number of carboxylic acids is 2. The highest BCUT2D eigenvalue weighted by atomic mass is 16.5. The molecule has 0 amide bonds. The van der Waals surface area contributed by atoms with Crippen molar-refractivity contribution in [2.45, 2.75) is 26.4 Å². The predicted molar refractivity (Wildman–Crippen MR) is 55.8 cm³/mol. The number of allylic oxidation sites excluding steroid dienone is 1. The van der Waals surface area contributed by atoms with Gasteiger partial charge in [0.15, 0.2) is 0 Å². The Morgan fingerprint density at radius 3 is 2.56 bits per heavy atom. The molecule has 0 aromatic heterocycles. The zero-order valence-corrected chi connectivity index (χ0v) is 9.14. The second-order valence-electron chi connectivity index (χ2n) is 3.60. The van der Waals surface area contributed by atoms with E-state index < -0.39 is 17.9 Å². The molecule has 5 nitrogen and oxygen atoms in total. The van der Waals surface area contributed by atoms with E-state index in [-0.39, 0.29) is 18.1 Å². The molecule has 0 saturated carbocycles. The number of hydrogen-bond acceptors (Lipinski definition) is 3. The van der Waals surface area contributed by atoms with E-state index in [0.717, 1.165) is 6.26 Å². The Morgan fingerprint density at radius 1 is 1.50 bits per heavy atom. The maximum atomic E-state index is 10.9. The van der Waals surface area contributed by atoms with Gasteiger partial charge in [0, 0.05) is 5.92 Å². The van der Waals surface area contributed by atoms with Gasteiger partial charge in [-0.2, -0.15) is 0 Å². The average Bonchev–Trinajstić information content (AvgIpc) is 2.16. The third-order valence-corrected chi connectivity index (χ3v) is 2.61. The van der Waals surface area contributed by atoms with Gasteiger partial charge in [0.1, 0.15) is 6.10 Å². The predicted octanol–water partition coefficient (Wildman–Crippen LogP) is 1.41. The summed E-state index contributed by atoms with van der Waals surface area (Å²) in [7, 11) is 0. The third kappa shape index (κ3) is 2.42. The van der Waals surface area contributed by atoms with E-state index in [2.05, 4.69) is 0 Å². The number of hydrogen-bond donors (Lipinski definition) is 2. The van der Waals surface area contributed by atoms with Gasteiger partial charge in [0.25, 0.3) is 0 Å². The fourth-order valence-electron chi connectivity index (χ4n) is 1.84. The third-order valence-electron chi connectivity index (χ3n) is 2.61. The molecule has 0 aromatic rings. The summed E-state index contributed by atoms with van der Waals surface area (Å²) < 4.78 is 5.16. The Morgan fingerprint density at radius 2 is 2.12 bits per heavy atom.